The van der Waals surface area contributed by atoms with Gasteiger partial charge in [-0.2, -0.15) is 0 Å². The van der Waals surface area contributed by atoms with Gasteiger partial charge in [-0.1, -0.05) is 20.8 Å². The van der Waals surface area contributed by atoms with Crippen molar-refractivity contribution in [3.8, 4) is 0 Å². The van der Waals surface area contributed by atoms with Gasteiger partial charge in [-0.15, -0.1) is 0 Å². The van der Waals surface area contributed by atoms with Gasteiger partial charge < -0.3 is 10.4 Å². The first-order valence-corrected chi connectivity index (χ1v) is 5.43. The highest BCUT2D eigenvalue weighted by Gasteiger charge is 2.50. The summed E-state index contributed by atoms with van der Waals surface area (Å²) in [5, 5.41) is 12.1. The average Bonchev–Trinajstić information content (AvgIpc) is 2.75. The molecule has 1 aliphatic rings. The number of hydrogen-bond donors (Lipinski definition) is 2. The molecule has 0 aliphatic heterocycles. The zero-order chi connectivity index (χ0) is 10.8. The van der Waals surface area contributed by atoms with Crippen molar-refractivity contribution in [3.05, 3.63) is 0 Å². The zero-order valence-corrected chi connectivity index (χ0v) is 9.34. The normalized spacial score (nSPS) is 25.6. The van der Waals surface area contributed by atoms with Gasteiger partial charge in [0.25, 0.3) is 0 Å². The van der Waals surface area contributed by atoms with Crippen molar-refractivity contribution >= 4 is 5.91 Å². The molecule has 14 heavy (non-hydrogen) atoms. The Bertz CT molecular complexity index is 213. The Morgan fingerprint density at radius 1 is 1.64 bits per heavy atom. The molecule has 0 aromatic rings. The minimum absolute atomic E-state index is 0.151. The summed E-state index contributed by atoms with van der Waals surface area (Å²) >= 11 is 0. The molecule has 82 valence electrons. The van der Waals surface area contributed by atoms with Gasteiger partial charge in [0.2, 0.25) is 5.91 Å². The Morgan fingerprint density at radius 3 is 2.64 bits per heavy atom. The summed E-state index contributed by atoms with van der Waals surface area (Å²) in [7, 11) is 0. The van der Waals surface area contributed by atoms with E-state index in [1.54, 1.807) is 0 Å². The largest absolute Gasteiger partial charge is 0.393 e. The van der Waals surface area contributed by atoms with Crippen LogP contribution in [0.5, 0.6) is 0 Å². The molecule has 1 saturated carbocycles. The number of amides is 1. The highest BCUT2D eigenvalue weighted by atomic mass is 16.3. The van der Waals surface area contributed by atoms with E-state index in [1.165, 1.54) is 0 Å². The fraction of sp³-hybridized carbons (Fsp3) is 0.909. The molecular weight excluding hydrogens is 178 g/mol. The lowest BCUT2D eigenvalue weighted by Gasteiger charge is -2.09. The molecule has 0 saturated heterocycles. The molecule has 0 aromatic carbocycles. The Balaban J connectivity index is 2.11. The van der Waals surface area contributed by atoms with Crippen molar-refractivity contribution in [2.24, 2.45) is 11.3 Å². The van der Waals surface area contributed by atoms with E-state index in [4.69, 9.17) is 0 Å². The van der Waals surface area contributed by atoms with E-state index in [1.807, 2.05) is 6.92 Å². The van der Waals surface area contributed by atoms with Crippen LogP contribution < -0.4 is 5.32 Å². The predicted octanol–water partition coefficient (Wildman–Crippen LogP) is 1.31. The summed E-state index contributed by atoms with van der Waals surface area (Å²) in [5.74, 6) is 0.347. The molecule has 2 N–H and O–H groups in total. The molecule has 1 amide bonds. The average molecular weight is 199 g/mol. The number of aliphatic hydroxyl groups excluding tert-OH is 1. The van der Waals surface area contributed by atoms with Crippen LogP contribution in [0.25, 0.3) is 0 Å². The quantitative estimate of drug-likeness (QED) is 0.701. The van der Waals surface area contributed by atoms with E-state index >= 15 is 0 Å². The fourth-order valence-electron chi connectivity index (χ4n) is 1.60. The van der Waals surface area contributed by atoms with E-state index < -0.39 is 0 Å². The van der Waals surface area contributed by atoms with Crippen LogP contribution >= 0.6 is 0 Å². The van der Waals surface area contributed by atoms with Crippen LogP contribution in [0.4, 0.5) is 0 Å². The van der Waals surface area contributed by atoms with Gasteiger partial charge in [-0.05, 0) is 24.7 Å². The third-order valence-corrected chi connectivity index (χ3v) is 3.08. The lowest BCUT2D eigenvalue weighted by Crippen LogP contribution is -2.29. The third kappa shape index (κ3) is 2.98. The SMILES string of the molecule is CCC(O)CCNC(=O)C1CC1(C)C. The Morgan fingerprint density at radius 2 is 2.21 bits per heavy atom. The first-order chi connectivity index (χ1) is 6.47. The lowest BCUT2D eigenvalue weighted by atomic mass is 10.1. The first kappa shape index (κ1) is 11.5. The molecule has 3 nitrogen and oxygen atoms in total. The van der Waals surface area contributed by atoms with Gasteiger partial charge in [0, 0.05) is 12.5 Å². The monoisotopic (exact) mass is 199 g/mol. The van der Waals surface area contributed by atoms with E-state index in [-0.39, 0.29) is 23.3 Å². The first-order valence-electron chi connectivity index (χ1n) is 5.43. The number of rotatable bonds is 5. The van der Waals surface area contributed by atoms with Crippen molar-refractivity contribution in [2.75, 3.05) is 6.54 Å². The molecule has 2 unspecified atom stereocenters. The van der Waals surface area contributed by atoms with Crippen LogP contribution in [-0.2, 0) is 4.79 Å². The molecule has 0 radical (unpaired) electrons. The van der Waals surface area contributed by atoms with Gasteiger partial charge in [0.15, 0.2) is 0 Å². The molecule has 0 bridgehead atoms. The summed E-state index contributed by atoms with van der Waals surface area (Å²) in [5.41, 5.74) is 0.202. The van der Waals surface area contributed by atoms with Crippen molar-refractivity contribution in [2.45, 2.75) is 46.1 Å². The highest BCUT2D eigenvalue weighted by Crippen LogP contribution is 2.51. The van der Waals surface area contributed by atoms with Crippen LogP contribution in [0, 0.1) is 11.3 Å². The molecule has 2 atom stereocenters. The second-order valence-electron chi connectivity index (χ2n) is 4.89. The van der Waals surface area contributed by atoms with Crippen molar-refractivity contribution < 1.29 is 9.90 Å². The molecule has 1 rings (SSSR count). The predicted molar refractivity (Wildman–Crippen MR) is 55.8 cm³/mol. The second kappa shape index (κ2) is 4.30. The third-order valence-electron chi connectivity index (χ3n) is 3.08. The molecule has 1 aliphatic carbocycles. The molecule has 0 heterocycles. The Labute approximate surface area is 85.9 Å². The number of nitrogens with one attached hydrogen (secondary N) is 1. The molecule has 3 heteroatoms. The van der Waals surface area contributed by atoms with Crippen LogP contribution in [0.15, 0.2) is 0 Å². The van der Waals surface area contributed by atoms with Crippen LogP contribution in [0.2, 0.25) is 0 Å². The summed E-state index contributed by atoms with van der Waals surface area (Å²) in [4.78, 5) is 11.5. The number of carbonyl (C=O) groups excluding carboxylic acids is 1. The summed E-state index contributed by atoms with van der Waals surface area (Å²) in [6.07, 6.45) is 2.14. The molecule has 0 spiro atoms. The zero-order valence-electron chi connectivity index (χ0n) is 9.34. The van der Waals surface area contributed by atoms with Crippen molar-refractivity contribution in [1.29, 1.82) is 0 Å². The maximum atomic E-state index is 11.5. The van der Waals surface area contributed by atoms with Gasteiger partial charge >= 0.3 is 0 Å². The summed E-state index contributed by atoms with van der Waals surface area (Å²) < 4.78 is 0. The van der Waals surface area contributed by atoms with Gasteiger partial charge in [-0.25, -0.2) is 0 Å². The Kier molecular flexibility index (Phi) is 3.53. The minimum atomic E-state index is -0.275. The minimum Gasteiger partial charge on any atom is -0.393 e. The fourth-order valence-corrected chi connectivity index (χ4v) is 1.60. The smallest absolute Gasteiger partial charge is 0.223 e. The number of aliphatic hydroxyl groups is 1. The Hall–Kier alpha value is -0.570. The molecular formula is C11H21NO2. The van der Waals surface area contributed by atoms with Crippen LogP contribution in [0.3, 0.4) is 0 Å². The summed E-state index contributed by atoms with van der Waals surface area (Å²) in [6, 6.07) is 0. The van der Waals surface area contributed by atoms with E-state index in [0.717, 1.165) is 12.8 Å². The second-order valence-corrected chi connectivity index (χ2v) is 4.89. The lowest BCUT2D eigenvalue weighted by molar-refractivity contribution is -0.123. The van der Waals surface area contributed by atoms with Crippen molar-refractivity contribution in [1.82, 2.24) is 5.32 Å². The number of carbonyl (C=O) groups is 1. The molecule has 0 aromatic heterocycles. The highest BCUT2D eigenvalue weighted by molar-refractivity contribution is 5.82. The van der Waals surface area contributed by atoms with E-state index in [0.29, 0.717) is 13.0 Å². The molecule has 1 fully saturated rings. The maximum absolute atomic E-state index is 11.5. The maximum Gasteiger partial charge on any atom is 0.223 e. The van der Waals surface area contributed by atoms with E-state index in [2.05, 4.69) is 19.2 Å². The summed E-state index contributed by atoms with van der Waals surface area (Å²) in [6.45, 7) is 6.76. The van der Waals surface area contributed by atoms with Crippen molar-refractivity contribution in [3.63, 3.8) is 0 Å². The van der Waals surface area contributed by atoms with Crippen LogP contribution in [0.1, 0.15) is 40.0 Å². The number of hydrogen-bond acceptors (Lipinski definition) is 2. The van der Waals surface area contributed by atoms with Gasteiger partial charge in [-0.3, -0.25) is 4.79 Å². The van der Waals surface area contributed by atoms with Crippen LogP contribution in [-0.4, -0.2) is 23.7 Å². The van der Waals surface area contributed by atoms with Gasteiger partial charge in [0.1, 0.15) is 0 Å². The van der Waals surface area contributed by atoms with Gasteiger partial charge in [0.05, 0.1) is 6.10 Å². The van der Waals surface area contributed by atoms with E-state index in [9.17, 15) is 9.90 Å². The topological polar surface area (TPSA) is 49.3 Å². The standard InChI is InChI=1S/C11H21NO2/c1-4-8(13)5-6-12-10(14)9-7-11(9,2)3/h8-9,13H,4-7H2,1-3H3,(H,12,14).